The minimum atomic E-state index is 0.921. The van der Waals surface area contributed by atoms with Gasteiger partial charge in [-0.1, -0.05) is 115 Å². The number of nitrogens with zero attached hydrogens (tertiary/aromatic N) is 2. The van der Waals surface area contributed by atoms with Crippen molar-refractivity contribution in [2.45, 2.75) is 0 Å². The van der Waals surface area contributed by atoms with Crippen LogP contribution in [0.4, 0.5) is 17.1 Å². The van der Waals surface area contributed by atoms with Gasteiger partial charge in [-0.2, -0.15) is 0 Å². The zero-order valence-corrected chi connectivity index (χ0v) is 27.6. The van der Waals surface area contributed by atoms with Gasteiger partial charge in [0, 0.05) is 44.0 Å². The number of fused-ring (bicyclic) bond motifs is 12. The molecule has 2 aromatic heterocycles. The van der Waals surface area contributed by atoms with Crippen molar-refractivity contribution in [3.05, 3.63) is 182 Å². The average Bonchev–Trinajstić information content (AvgIpc) is 3.75. The second kappa shape index (κ2) is 10.8. The van der Waals surface area contributed by atoms with E-state index in [-0.39, 0.29) is 0 Å². The Morgan fingerprint density at radius 1 is 0.412 bits per heavy atom. The molecule has 11 rings (SSSR count). The largest absolute Gasteiger partial charge is 0.455 e. The van der Waals surface area contributed by atoms with Gasteiger partial charge in [-0.15, -0.1) is 0 Å². The van der Waals surface area contributed by atoms with Crippen molar-refractivity contribution in [3.63, 3.8) is 0 Å². The topological polar surface area (TPSA) is 21.3 Å². The Labute approximate surface area is 293 Å². The molecule has 0 radical (unpaired) electrons. The molecule has 0 bridgehead atoms. The van der Waals surface area contributed by atoms with Gasteiger partial charge in [0.1, 0.15) is 11.2 Å². The molecule has 0 fully saturated rings. The molecule has 238 valence electrons. The smallest absolute Gasteiger partial charge is 0.143 e. The number of rotatable bonds is 4. The molecule has 9 aromatic carbocycles. The summed E-state index contributed by atoms with van der Waals surface area (Å²) < 4.78 is 8.88. The van der Waals surface area contributed by atoms with Gasteiger partial charge in [0.05, 0.1) is 16.7 Å². The molecule has 11 aromatic rings. The van der Waals surface area contributed by atoms with Crippen molar-refractivity contribution in [2.24, 2.45) is 0 Å². The first-order chi connectivity index (χ1) is 25.3. The van der Waals surface area contributed by atoms with Crippen LogP contribution in [0.5, 0.6) is 0 Å². The molecule has 0 aliphatic heterocycles. The predicted molar refractivity (Wildman–Crippen MR) is 215 cm³/mol. The summed E-state index contributed by atoms with van der Waals surface area (Å²) in [5.74, 6) is 0. The van der Waals surface area contributed by atoms with Gasteiger partial charge in [-0.3, -0.25) is 0 Å². The van der Waals surface area contributed by atoms with Crippen LogP contribution >= 0.6 is 0 Å². The summed E-state index contributed by atoms with van der Waals surface area (Å²) in [6.45, 7) is 0. The monoisotopic (exact) mass is 650 g/mol. The summed E-state index contributed by atoms with van der Waals surface area (Å²) in [7, 11) is 0. The molecule has 0 N–H and O–H groups in total. The third-order valence-electron chi connectivity index (χ3n) is 10.5. The highest BCUT2D eigenvalue weighted by Gasteiger charge is 2.22. The molecule has 0 aliphatic carbocycles. The van der Waals surface area contributed by atoms with Crippen molar-refractivity contribution in [2.75, 3.05) is 4.90 Å². The van der Waals surface area contributed by atoms with Crippen LogP contribution in [0.15, 0.2) is 186 Å². The lowest BCUT2D eigenvalue weighted by Gasteiger charge is -2.27. The zero-order chi connectivity index (χ0) is 33.5. The number of aromatic nitrogens is 1. The first-order valence-corrected chi connectivity index (χ1v) is 17.4. The van der Waals surface area contributed by atoms with Gasteiger partial charge in [-0.05, 0) is 93.7 Å². The predicted octanol–water partition coefficient (Wildman–Crippen LogP) is 13.6. The summed E-state index contributed by atoms with van der Waals surface area (Å²) in [5.41, 5.74) is 8.70. The molecule has 0 atom stereocenters. The van der Waals surface area contributed by atoms with Gasteiger partial charge < -0.3 is 13.9 Å². The molecule has 3 heteroatoms. The second-order valence-electron chi connectivity index (χ2n) is 13.3. The number of furan rings is 1. The van der Waals surface area contributed by atoms with Crippen LogP contribution in [-0.4, -0.2) is 4.57 Å². The number of hydrogen-bond donors (Lipinski definition) is 0. The van der Waals surface area contributed by atoms with E-state index < -0.39 is 0 Å². The highest BCUT2D eigenvalue weighted by Crippen LogP contribution is 2.45. The Morgan fingerprint density at radius 2 is 1.06 bits per heavy atom. The fourth-order valence-electron chi connectivity index (χ4n) is 8.31. The molecule has 0 amide bonds. The van der Waals surface area contributed by atoms with Crippen LogP contribution in [0.2, 0.25) is 0 Å². The van der Waals surface area contributed by atoms with Crippen LogP contribution in [0.3, 0.4) is 0 Å². The number of benzene rings is 9. The molecule has 0 saturated carbocycles. The van der Waals surface area contributed by atoms with E-state index in [1.165, 1.54) is 48.7 Å². The van der Waals surface area contributed by atoms with Gasteiger partial charge in [0.2, 0.25) is 0 Å². The van der Waals surface area contributed by atoms with Crippen molar-refractivity contribution in [3.8, 4) is 5.69 Å². The van der Waals surface area contributed by atoms with Crippen LogP contribution in [-0.2, 0) is 0 Å². The lowest BCUT2D eigenvalue weighted by Crippen LogP contribution is -2.11. The normalized spacial score (nSPS) is 11.9. The SMILES string of the molecule is c1ccc(N(c2ccc3c(ccc4ccc5c(ccc6c7ccccc7oc65)c43)c2)c2cccc3c4ccccc4n(-c4ccccc4)c23)cc1. The molecule has 0 aliphatic rings. The maximum atomic E-state index is 6.47. The summed E-state index contributed by atoms with van der Waals surface area (Å²) in [6.07, 6.45) is 0. The van der Waals surface area contributed by atoms with Crippen LogP contribution in [0, 0.1) is 0 Å². The second-order valence-corrected chi connectivity index (χ2v) is 13.3. The lowest BCUT2D eigenvalue weighted by atomic mass is 9.95. The van der Waals surface area contributed by atoms with E-state index in [0.717, 1.165) is 50.1 Å². The minimum absolute atomic E-state index is 0.921. The summed E-state index contributed by atoms with van der Waals surface area (Å²) >= 11 is 0. The van der Waals surface area contributed by atoms with Crippen LogP contribution in [0.25, 0.3) is 81.7 Å². The third kappa shape index (κ3) is 4.12. The zero-order valence-electron chi connectivity index (χ0n) is 27.6. The fraction of sp³-hybridized carbons (Fsp3) is 0. The molecule has 0 unspecified atom stereocenters. The molecule has 3 nitrogen and oxygen atoms in total. The first-order valence-electron chi connectivity index (χ1n) is 17.4. The van der Waals surface area contributed by atoms with Crippen molar-refractivity contribution < 1.29 is 4.42 Å². The summed E-state index contributed by atoms with van der Waals surface area (Å²) in [5, 5.41) is 12.0. The van der Waals surface area contributed by atoms with E-state index >= 15 is 0 Å². The van der Waals surface area contributed by atoms with E-state index in [4.69, 9.17) is 4.42 Å². The molecule has 0 saturated heterocycles. The van der Waals surface area contributed by atoms with Crippen molar-refractivity contribution >= 4 is 93.1 Å². The summed E-state index contributed by atoms with van der Waals surface area (Å²) in [4.78, 5) is 2.41. The minimum Gasteiger partial charge on any atom is -0.455 e. The van der Waals surface area contributed by atoms with E-state index in [2.05, 4.69) is 185 Å². The number of para-hydroxylation sites is 5. The Balaban J connectivity index is 1.18. The maximum absolute atomic E-state index is 6.47. The Morgan fingerprint density at radius 3 is 1.94 bits per heavy atom. The van der Waals surface area contributed by atoms with Crippen molar-refractivity contribution in [1.29, 1.82) is 0 Å². The van der Waals surface area contributed by atoms with Gasteiger partial charge >= 0.3 is 0 Å². The van der Waals surface area contributed by atoms with E-state index in [1.807, 2.05) is 6.07 Å². The Bertz CT molecular complexity index is 3140. The number of anilines is 3. The quantitative estimate of drug-likeness (QED) is 0.177. The van der Waals surface area contributed by atoms with Crippen LogP contribution < -0.4 is 4.90 Å². The Kier molecular flexibility index (Phi) is 5.96. The van der Waals surface area contributed by atoms with Crippen molar-refractivity contribution in [1.82, 2.24) is 4.57 Å². The Hall–Kier alpha value is -6.84. The highest BCUT2D eigenvalue weighted by molar-refractivity contribution is 6.26. The fourth-order valence-corrected chi connectivity index (χ4v) is 8.31. The third-order valence-corrected chi connectivity index (χ3v) is 10.5. The van der Waals surface area contributed by atoms with Crippen LogP contribution in [0.1, 0.15) is 0 Å². The van der Waals surface area contributed by atoms with Gasteiger partial charge in [0.15, 0.2) is 0 Å². The summed E-state index contributed by atoms with van der Waals surface area (Å²) in [6, 6.07) is 65.5. The molecular weight excluding hydrogens is 621 g/mol. The van der Waals surface area contributed by atoms with E-state index in [9.17, 15) is 0 Å². The van der Waals surface area contributed by atoms with E-state index in [1.54, 1.807) is 0 Å². The first kappa shape index (κ1) is 28.0. The lowest BCUT2D eigenvalue weighted by molar-refractivity contribution is 0.672. The molecule has 2 heterocycles. The van der Waals surface area contributed by atoms with Gasteiger partial charge in [-0.25, -0.2) is 0 Å². The standard InChI is InChI=1S/C48H30N2O/c1-3-12-33(13-4-1)49(44-20-11-18-40-37-16-7-9-19-43(37)50(47(40)44)34-14-5-2-6-15-34)35-25-27-36-32(30-35)23-22-31-24-26-42-39(46(31)36)28-29-41-38-17-8-10-21-45(38)51-48(41)42/h1-30H. The molecular formula is C48H30N2O. The maximum Gasteiger partial charge on any atom is 0.143 e. The molecule has 51 heavy (non-hydrogen) atoms. The van der Waals surface area contributed by atoms with Gasteiger partial charge in [0.25, 0.3) is 0 Å². The highest BCUT2D eigenvalue weighted by atomic mass is 16.3. The average molecular weight is 651 g/mol. The van der Waals surface area contributed by atoms with E-state index in [0.29, 0.717) is 0 Å². The molecule has 0 spiro atoms. The number of hydrogen-bond acceptors (Lipinski definition) is 2.